The van der Waals surface area contributed by atoms with E-state index in [1.165, 1.54) is 25.7 Å². The third-order valence-electron chi connectivity index (χ3n) is 3.39. The molecule has 0 radical (unpaired) electrons. The van der Waals surface area contributed by atoms with Gasteiger partial charge in [0.15, 0.2) is 0 Å². The molecule has 20 heavy (non-hydrogen) atoms. The van der Waals surface area contributed by atoms with Crippen molar-refractivity contribution in [3.05, 3.63) is 28.8 Å². The standard InChI is InChI=1S/C17H26O3/c1-4-5-6-7-8-9-10-20-17(19)16-14(3)11-13(2)12-15(16)18/h11-12,18H,4-10H2,1-3H3. The Kier molecular flexibility index (Phi) is 7.13. The molecule has 0 heterocycles. The van der Waals surface area contributed by atoms with Crippen molar-refractivity contribution in [2.45, 2.75) is 59.3 Å². The van der Waals surface area contributed by atoms with Gasteiger partial charge in [0.05, 0.1) is 6.61 Å². The van der Waals surface area contributed by atoms with Crippen molar-refractivity contribution in [3.8, 4) is 5.75 Å². The maximum atomic E-state index is 12.0. The van der Waals surface area contributed by atoms with E-state index in [4.69, 9.17) is 4.74 Å². The molecule has 1 rings (SSSR count). The van der Waals surface area contributed by atoms with Crippen LogP contribution in [0.2, 0.25) is 0 Å². The van der Waals surface area contributed by atoms with Crippen LogP contribution in [0.5, 0.6) is 5.75 Å². The Morgan fingerprint density at radius 1 is 1.10 bits per heavy atom. The van der Waals surface area contributed by atoms with Gasteiger partial charge in [-0.25, -0.2) is 4.79 Å². The molecule has 0 aliphatic rings. The second-order valence-corrected chi connectivity index (χ2v) is 5.38. The fourth-order valence-electron chi connectivity index (χ4n) is 2.33. The molecule has 0 fully saturated rings. The third-order valence-corrected chi connectivity index (χ3v) is 3.39. The molecular weight excluding hydrogens is 252 g/mol. The maximum Gasteiger partial charge on any atom is 0.342 e. The molecule has 1 aromatic carbocycles. The average molecular weight is 278 g/mol. The Hall–Kier alpha value is -1.51. The molecule has 0 aliphatic heterocycles. The van der Waals surface area contributed by atoms with Crippen molar-refractivity contribution in [2.75, 3.05) is 6.61 Å². The Labute approximate surface area is 122 Å². The number of carbonyl (C=O) groups excluding carboxylic acids is 1. The number of phenolic OH excluding ortho intramolecular Hbond substituents is 1. The van der Waals surface area contributed by atoms with Gasteiger partial charge in [-0.1, -0.05) is 45.1 Å². The second-order valence-electron chi connectivity index (χ2n) is 5.38. The highest BCUT2D eigenvalue weighted by Crippen LogP contribution is 2.23. The first-order chi connectivity index (χ1) is 9.56. The van der Waals surface area contributed by atoms with Crippen molar-refractivity contribution >= 4 is 5.97 Å². The fourth-order valence-corrected chi connectivity index (χ4v) is 2.33. The topological polar surface area (TPSA) is 46.5 Å². The van der Waals surface area contributed by atoms with Crippen LogP contribution >= 0.6 is 0 Å². The van der Waals surface area contributed by atoms with Crippen molar-refractivity contribution in [1.29, 1.82) is 0 Å². The quantitative estimate of drug-likeness (QED) is 0.561. The van der Waals surface area contributed by atoms with Gasteiger partial charge in [0.1, 0.15) is 11.3 Å². The molecule has 0 atom stereocenters. The van der Waals surface area contributed by atoms with Crippen molar-refractivity contribution in [1.82, 2.24) is 0 Å². The lowest BCUT2D eigenvalue weighted by molar-refractivity contribution is 0.0493. The molecule has 0 saturated carbocycles. The summed E-state index contributed by atoms with van der Waals surface area (Å²) in [6.07, 6.45) is 6.94. The van der Waals surface area contributed by atoms with Crippen LogP contribution in [0.3, 0.4) is 0 Å². The summed E-state index contributed by atoms with van der Waals surface area (Å²) in [5, 5.41) is 9.84. The van der Waals surface area contributed by atoms with Crippen molar-refractivity contribution < 1.29 is 14.6 Å². The summed E-state index contributed by atoms with van der Waals surface area (Å²) in [5.41, 5.74) is 1.99. The van der Waals surface area contributed by atoms with E-state index in [1.807, 2.05) is 19.9 Å². The number of hydrogen-bond donors (Lipinski definition) is 1. The largest absolute Gasteiger partial charge is 0.507 e. The van der Waals surface area contributed by atoms with Gasteiger partial charge in [0, 0.05) is 0 Å². The minimum Gasteiger partial charge on any atom is -0.507 e. The number of aromatic hydroxyl groups is 1. The zero-order valence-corrected chi connectivity index (χ0v) is 12.9. The highest BCUT2D eigenvalue weighted by Gasteiger charge is 2.16. The summed E-state index contributed by atoms with van der Waals surface area (Å²) in [6.45, 7) is 6.32. The molecule has 1 aromatic rings. The Bertz CT molecular complexity index is 415. The molecule has 0 spiro atoms. The summed E-state index contributed by atoms with van der Waals surface area (Å²) >= 11 is 0. The molecule has 1 N–H and O–H groups in total. The number of phenols is 1. The van der Waals surface area contributed by atoms with Crippen LogP contribution in [0.4, 0.5) is 0 Å². The normalized spacial score (nSPS) is 10.6. The van der Waals surface area contributed by atoms with E-state index in [0.29, 0.717) is 12.2 Å². The predicted molar refractivity (Wildman–Crippen MR) is 81.2 cm³/mol. The molecule has 0 amide bonds. The Balaban J connectivity index is 2.37. The van der Waals surface area contributed by atoms with Crippen LogP contribution < -0.4 is 0 Å². The molecule has 0 unspecified atom stereocenters. The van der Waals surface area contributed by atoms with E-state index in [-0.39, 0.29) is 5.75 Å². The Morgan fingerprint density at radius 2 is 1.75 bits per heavy atom. The minimum atomic E-state index is -0.423. The van der Waals surface area contributed by atoms with Gasteiger partial charge in [-0.15, -0.1) is 0 Å². The number of esters is 1. The first-order valence-corrected chi connectivity index (χ1v) is 7.53. The number of ether oxygens (including phenoxy) is 1. The van der Waals surface area contributed by atoms with E-state index >= 15 is 0 Å². The van der Waals surface area contributed by atoms with E-state index in [9.17, 15) is 9.90 Å². The summed E-state index contributed by atoms with van der Waals surface area (Å²) in [4.78, 5) is 12.0. The van der Waals surface area contributed by atoms with Gasteiger partial charge in [-0.3, -0.25) is 0 Å². The fraction of sp³-hybridized carbons (Fsp3) is 0.588. The number of aryl methyl sites for hydroxylation is 2. The average Bonchev–Trinajstić information content (AvgIpc) is 2.36. The number of unbranched alkanes of at least 4 members (excludes halogenated alkanes) is 5. The van der Waals surface area contributed by atoms with Gasteiger partial charge < -0.3 is 9.84 Å². The number of carbonyl (C=O) groups is 1. The van der Waals surface area contributed by atoms with Crippen LogP contribution in [0.15, 0.2) is 12.1 Å². The molecule has 0 saturated heterocycles. The Morgan fingerprint density at radius 3 is 2.40 bits per heavy atom. The van der Waals surface area contributed by atoms with Crippen molar-refractivity contribution in [2.24, 2.45) is 0 Å². The minimum absolute atomic E-state index is 0.00967. The zero-order chi connectivity index (χ0) is 15.0. The summed E-state index contributed by atoms with van der Waals surface area (Å²) in [7, 11) is 0. The lowest BCUT2D eigenvalue weighted by Crippen LogP contribution is -2.09. The van der Waals surface area contributed by atoms with Crippen LogP contribution in [0.25, 0.3) is 0 Å². The predicted octanol–water partition coefficient (Wildman–Crippen LogP) is 4.53. The first-order valence-electron chi connectivity index (χ1n) is 7.53. The summed E-state index contributed by atoms with van der Waals surface area (Å²) < 4.78 is 5.24. The molecular formula is C17H26O3. The number of hydrogen-bond acceptors (Lipinski definition) is 3. The van der Waals surface area contributed by atoms with Gasteiger partial charge >= 0.3 is 5.97 Å². The van der Waals surface area contributed by atoms with Gasteiger partial charge in [-0.05, 0) is 37.5 Å². The highest BCUT2D eigenvalue weighted by atomic mass is 16.5. The molecule has 3 nitrogen and oxygen atoms in total. The molecule has 112 valence electrons. The SMILES string of the molecule is CCCCCCCCOC(=O)c1c(C)cc(C)cc1O. The molecule has 0 aromatic heterocycles. The van der Waals surface area contributed by atoms with Crippen LogP contribution in [0.1, 0.15) is 66.9 Å². The number of rotatable bonds is 8. The first kappa shape index (κ1) is 16.5. The highest BCUT2D eigenvalue weighted by molar-refractivity contribution is 5.94. The summed E-state index contributed by atoms with van der Waals surface area (Å²) in [5.74, 6) is -0.413. The lowest BCUT2D eigenvalue weighted by atomic mass is 10.0. The summed E-state index contributed by atoms with van der Waals surface area (Å²) in [6, 6.07) is 3.47. The second kappa shape index (κ2) is 8.62. The third kappa shape index (κ3) is 5.24. The molecule has 3 heteroatoms. The van der Waals surface area contributed by atoms with Crippen LogP contribution in [-0.4, -0.2) is 17.7 Å². The van der Waals surface area contributed by atoms with Gasteiger partial charge in [0.2, 0.25) is 0 Å². The smallest absolute Gasteiger partial charge is 0.342 e. The zero-order valence-electron chi connectivity index (χ0n) is 12.9. The van der Waals surface area contributed by atoms with Gasteiger partial charge in [-0.2, -0.15) is 0 Å². The molecule has 0 bridgehead atoms. The van der Waals surface area contributed by atoms with E-state index in [2.05, 4.69) is 6.92 Å². The van der Waals surface area contributed by atoms with Crippen LogP contribution in [0, 0.1) is 13.8 Å². The monoisotopic (exact) mass is 278 g/mol. The van der Waals surface area contributed by atoms with Gasteiger partial charge in [0.25, 0.3) is 0 Å². The lowest BCUT2D eigenvalue weighted by Gasteiger charge is -2.10. The van der Waals surface area contributed by atoms with Crippen LogP contribution in [-0.2, 0) is 4.74 Å². The van der Waals surface area contributed by atoms with E-state index in [1.54, 1.807) is 6.07 Å². The van der Waals surface area contributed by atoms with E-state index in [0.717, 1.165) is 24.0 Å². The van der Waals surface area contributed by atoms with Crippen molar-refractivity contribution in [3.63, 3.8) is 0 Å². The number of benzene rings is 1. The molecule has 0 aliphatic carbocycles. The van der Waals surface area contributed by atoms with E-state index < -0.39 is 5.97 Å². The maximum absolute atomic E-state index is 12.0.